The van der Waals surface area contributed by atoms with Crippen LogP contribution in [0.3, 0.4) is 0 Å². The molecule has 1 aliphatic rings. The first-order valence-electron chi connectivity index (χ1n) is 13.4. The molecule has 10 nitrogen and oxygen atoms in total. The van der Waals surface area contributed by atoms with E-state index in [1.165, 1.54) is 56.7 Å². The Bertz CT molecular complexity index is 2260. The lowest BCUT2D eigenvalue weighted by atomic mass is 10.0. The van der Waals surface area contributed by atoms with Crippen LogP contribution in [0.25, 0.3) is 55.8 Å². The number of anilines is 1. The van der Waals surface area contributed by atoms with Gasteiger partial charge in [-0.1, -0.05) is 6.07 Å². The normalized spacial score (nSPS) is 12.6. The van der Waals surface area contributed by atoms with E-state index < -0.39 is 27.6 Å². The van der Waals surface area contributed by atoms with Gasteiger partial charge in [0.15, 0.2) is 6.73 Å². The number of carbonyl (C=O) groups excluding carboxylic acids is 1. The molecular weight excluding hydrogens is 592 g/mol. The van der Waals surface area contributed by atoms with Gasteiger partial charge in [0, 0.05) is 42.1 Å². The average molecular weight is 616 g/mol. The molecule has 0 unspecified atom stereocenters. The van der Waals surface area contributed by atoms with Gasteiger partial charge in [-0.25, -0.2) is 27.2 Å². The molecule has 222 valence electrons. The zero-order valence-electron chi connectivity index (χ0n) is 23.6. The smallest absolute Gasteiger partial charge is 0.255 e. The second-order valence-electron chi connectivity index (χ2n) is 10.3. The summed E-state index contributed by atoms with van der Waals surface area (Å²) in [7, 11) is -0.913. The largest absolute Gasteiger partial charge is 0.455 e. The Morgan fingerprint density at radius 3 is 2.57 bits per heavy atom. The number of nitrogens with zero attached hydrogens (tertiary/aromatic N) is 4. The fraction of sp³-hybridized carbons (Fsp3) is 0.129. The summed E-state index contributed by atoms with van der Waals surface area (Å²) < 4.78 is 68.7. The number of benzene rings is 3. The number of carbonyl (C=O) groups is 1. The van der Waals surface area contributed by atoms with E-state index >= 15 is 0 Å². The summed E-state index contributed by atoms with van der Waals surface area (Å²) >= 11 is 0. The van der Waals surface area contributed by atoms with Gasteiger partial charge in [0.2, 0.25) is 15.9 Å². The van der Waals surface area contributed by atoms with Crippen molar-refractivity contribution >= 4 is 43.5 Å². The minimum atomic E-state index is -3.77. The summed E-state index contributed by atoms with van der Waals surface area (Å²) in [5.74, 6) is -0.897. The highest BCUT2D eigenvalue weighted by Crippen LogP contribution is 2.43. The van der Waals surface area contributed by atoms with E-state index in [1.807, 2.05) is 0 Å². The zero-order chi connectivity index (χ0) is 30.9. The molecule has 0 bridgehead atoms. The fourth-order valence-corrected chi connectivity index (χ4v) is 5.93. The van der Waals surface area contributed by atoms with Gasteiger partial charge in [0.1, 0.15) is 28.7 Å². The van der Waals surface area contributed by atoms with Gasteiger partial charge in [-0.2, -0.15) is 0 Å². The Labute approximate surface area is 249 Å². The number of rotatable bonds is 5. The first-order chi connectivity index (χ1) is 21.0. The predicted octanol–water partition coefficient (Wildman–Crippen LogP) is 5.56. The lowest BCUT2D eigenvalue weighted by Gasteiger charge is -2.22. The van der Waals surface area contributed by atoms with Crippen LogP contribution >= 0.6 is 0 Å². The van der Waals surface area contributed by atoms with Crippen molar-refractivity contribution in [3.63, 3.8) is 0 Å². The molecule has 13 heteroatoms. The molecule has 0 fully saturated rings. The van der Waals surface area contributed by atoms with Crippen LogP contribution in [0.1, 0.15) is 10.4 Å². The summed E-state index contributed by atoms with van der Waals surface area (Å²) in [6, 6.07) is 15.0. The molecule has 0 saturated carbocycles. The number of aromatic nitrogens is 3. The molecule has 1 N–H and O–H groups in total. The van der Waals surface area contributed by atoms with Crippen LogP contribution in [-0.2, 0) is 16.8 Å². The summed E-state index contributed by atoms with van der Waals surface area (Å²) in [6.07, 6.45) is 2.50. The molecule has 7 rings (SSSR count). The van der Waals surface area contributed by atoms with Crippen molar-refractivity contribution in [3.8, 4) is 39.8 Å². The Kier molecular flexibility index (Phi) is 6.18. The van der Waals surface area contributed by atoms with E-state index in [9.17, 15) is 22.0 Å². The number of furan rings is 1. The molecule has 0 atom stereocenters. The van der Waals surface area contributed by atoms with E-state index in [2.05, 4.69) is 10.3 Å². The van der Waals surface area contributed by atoms with Crippen molar-refractivity contribution < 1.29 is 31.1 Å². The van der Waals surface area contributed by atoms with Gasteiger partial charge >= 0.3 is 0 Å². The van der Waals surface area contributed by atoms with Crippen LogP contribution in [0.5, 0.6) is 5.88 Å². The highest BCUT2D eigenvalue weighted by atomic mass is 32.2. The average Bonchev–Trinajstić information content (AvgIpc) is 3.59. The maximum Gasteiger partial charge on any atom is 0.255 e. The lowest BCUT2D eigenvalue weighted by molar-refractivity contribution is 0.0964. The SMILES string of the molecule is CNC(=O)c1c(-c2ccc(F)cc2)oc2cc(N(C)S(C)(=O)=O)c(-c3cnc4c(n3)-c3cc5c(F)cccc5n3CO4)cc12. The molecule has 44 heavy (non-hydrogen) atoms. The lowest BCUT2D eigenvalue weighted by Crippen LogP contribution is -2.25. The minimum Gasteiger partial charge on any atom is -0.455 e. The molecule has 3 aromatic heterocycles. The van der Waals surface area contributed by atoms with Crippen molar-refractivity contribution in [2.45, 2.75) is 6.73 Å². The van der Waals surface area contributed by atoms with Gasteiger partial charge in [-0.3, -0.25) is 9.10 Å². The molecule has 3 aromatic carbocycles. The quantitative estimate of drug-likeness (QED) is 0.270. The molecule has 0 aliphatic carbocycles. The van der Waals surface area contributed by atoms with Crippen molar-refractivity contribution in [2.24, 2.45) is 0 Å². The topological polar surface area (TPSA) is 120 Å². The molecule has 0 radical (unpaired) electrons. The first kappa shape index (κ1) is 27.5. The van der Waals surface area contributed by atoms with Gasteiger partial charge in [-0.15, -0.1) is 0 Å². The highest BCUT2D eigenvalue weighted by Gasteiger charge is 2.28. The fourth-order valence-electron chi connectivity index (χ4n) is 5.42. The third-order valence-corrected chi connectivity index (χ3v) is 8.88. The van der Waals surface area contributed by atoms with Crippen LogP contribution in [0, 0.1) is 11.6 Å². The van der Waals surface area contributed by atoms with Crippen LogP contribution in [0.2, 0.25) is 0 Å². The monoisotopic (exact) mass is 615 g/mol. The van der Waals surface area contributed by atoms with Crippen LogP contribution < -0.4 is 14.4 Å². The molecule has 0 saturated heterocycles. The third kappa shape index (κ3) is 4.27. The van der Waals surface area contributed by atoms with Gasteiger partial charge < -0.3 is 19.0 Å². The highest BCUT2D eigenvalue weighted by molar-refractivity contribution is 7.92. The number of hydrogen-bond donors (Lipinski definition) is 1. The van der Waals surface area contributed by atoms with Crippen molar-refractivity contribution in [2.75, 3.05) is 24.7 Å². The molecule has 6 aromatic rings. The van der Waals surface area contributed by atoms with E-state index in [0.717, 1.165) is 10.6 Å². The van der Waals surface area contributed by atoms with Gasteiger partial charge in [0.25, 0.3) is 5.91 Å². The summed E-state index contributed by atoms with van der Waals surface area (Å²) in [5, 5.41) is 3.38. The first-order valence-corrected chi connectivity index (χ1v) is 15.2. The Morgan fingerprint density at radius 2 is 1.84 bits per heavy atom. The zero-order valence-corrected chi connectivity index (χ0v) is 24.4. The summed E-state index contributed by atoms with van der Waals surface area (Å²) in [6.45, 7) is 0.105. The Morgan fingerprint density at radius 1 is 1.07 bits per heavy atom. The second kappa shape index (κ2) is 9.88. The van der Waals surface area contributed by atoms with Crippen LogP contribution in [0.4, 0.5) is 14.5 Å². The summed E-state index contributed by atoms with van der Waals surface area (Å²) in [5.41, 5.74) is 3.19. The maximum absolute atomic E-state index is 14.7. The van der Waals surface area contributed by atoms with Crippen molar-refractivity contribution in [3.05, 3.63) is 84.1 Å². The number of sulfonamides is 1. The second-order valence-corrected chi connectivity index (χ2v) is 12.3. The molecule has 1 amide bonds. The molecule has 0 spiro atoms. The summed E-state index contributed by atoms with van der Waals surface area (Å²) in [4.78, 5) is 22.5. The van der Waals surface area contributed by atoms with Crippen molar-refractivity contribution in [1.29, 1.82) is 0 Å². The van der Waals surface area contributed by atoms with E-state index in [0.29, 0.717) is 38.8 Å². The van der Waals surface area contributed by atoms with Crippen LogP contribution in [-0.4, -0.2) is 49.2 Å². The van der Waals surface area contributed by atoms with Crippen LogP contribution in [0.15, 0.2) is 71.3 Å². The number of fused-ring (bicyclic) bond motifs is 6. The number of nitrogens with one attached hydrogen (secondary N) is 1. The molecular formula is C31H23F2N5O5S. The van der Waals surface area contributed by atoms with Crippen molar-refractivity contribution in [1.82, 2.24) is 19.9 Å². The van der Waals surface area contributed by atoms with E-state index in [4.69, 9.17) is 14.1 Å². The Hall–Kier alpha value is -5.30. The Balaban J connectivity index is 1.50. The predicted molar refractivity (Wildman–Crippen MR) is 161 cm³/mol. The number of ether oxygens (including phenoxy) is 1. The number of halogens is 2. The molecule has 1 aliphatic heterocycles. The molecule has 4 heterocycles. The van der Waals surface area contributed by atoms with Gasteiger partial charge in [-0.05, 0) is 48.5 Å². The standard InChI is InChI=1S/C31H23F2N5O5S/c1-34-30(39)27-20-11-19(24(37(2)44(3,40)41)13-26(20)43-29(27)16-7-9-17(32)10-8-16)22-14-35-31-28(36-22)25-12-18-21(33)5-4-6-23(18)38(25)15-42-31/h4-14H,15H2,1-3H3,(H,34,39). The minimum absolute atomic E-state index is 0.105. The maximum atomic E-state index is 14.7. The van der Waals surface area contributed by atoms with E-state index in [-0.39, 0.29) is 40.9 Å². The van der Waals surface area contributed by atoms with Gasteiger partial charge in [0.05, 0.1) is 40.6 Å². The van der Waals surface area contributed by atoms with E-state index in [1.54, 1.807) is 28.8 Å². The third-order valence-electron chi connectivity index (χ3n) is 7.68. The number of amides is 1. The number of hydrogen-bond acceptors (Lipinski definition) is 7.